The van der Waals surface area contributed by atoms with Crippen molar-refractivity contribution in [1.82, 2.24) is 19.8 Å². The van der Waals surface area contributed by atoms with E-state index in [2.05, 4.69) is 39.8 Å². The molecule has 0 saturated heterocycles. The van der Waals surface area contributed by atoms with Crippen molar-refractivity contribution in [2.45, 2.75) is 45.8 Å². The first-order chi connectivity index (χ1) is 8.29. The first-order valence-corrected chi connectivity index (χ1v) is 6.75. The molecule has 4 nitrogen and oxygen atoms in total. The van der Waals surface area contributed by atoms with E-state index in [0.717, 1.165) is 19.6 Å². The second kappa shape index (κ2) is 6.17. The highest BCUT2D eigenvalue weighted by molar-refractivity contribution is 4.95. The van der Waals surface area contributed by atoms with E-state index in [1.54, 1.807) is 0 Å². The highest BCUT2D eigenvalue weighted by atomic mass is 15.2. The minimum atomic E-state index is 0.645. The smallest absolute Gasteiger partial charge is 0.122 e. The second-order valence-electron chi connectivity index (χ2n) is 4.91. The lowest BCUT2D eigenvalue weighted by atomic mass is 10.1. The molecular formula is C13H24N4. The molecule has 0 aromatic carbocycles. The molecule has 17 heavy (non-hydrogen) atoms. The molecule has 0 fully saturated rings. The van der Waals surface area contributed by atoms with Gasteiger partial charge >= 0.3 is 0 Å². The predicted octanol–water partition coefficient (Wildman–Crippen LogP) is 1.48. The van der Waals surface area contributed by atoms with Gasteiger partial charge in [-0.3, -0.25) is 4.90 Å². The molecule has 0 saturated carbocycles. The molecule has 1 aliphatic heterocycles. The van der Waals surface area contributed by atoms with Crippen LogP contribution in [0.2, 0.25) is 0 Å². The van der Waals surface area contributed by atoms with E-state index >= 15 is 0 Å². The maximum atomic E-state index is 4.39. The molecule has 1 aromatic rings. The molecule has 1 N–H and O–H groups in total. The molecule has 4 heteroatoms. The number of fused-ring (bicyclic) bond motifs is 1. The van der Waals surface area contributed by atoms with Crippen LogP contribution in [0.4, 0.5) is 0 Å². The number of nitrogens with one attached hydrogen (secondary N) is 1. The predicted molar refractivity (Wildman–Crippen MR) is 69.9 cm³/mol. The first kappa shape index (κ1) is 12.6. The van der Waals surface area contributed by atoms with Gasteiger partial charge in [-0.25, -0.2) is 4.98 Å². The Balaban J connectivity index is 1.68. The Labute approximate surface area is 104 Å². The summed E-state index contributed by atoms with van der Waals surface area (Å²) in [5, 5.41) is 3.46. The van der Waals surface area contributed by atoms with Crippen molar-refractivity contribution in [2.75, 3.05) is 19.6 Å². The van der Waals surface area contributed by atoms with Crippen LogP contribution in [0.1, 0.15) is 32.5 Å². The lowest BCUT2D eigenvalue weighted by Crippen LogP contribution is -2.35. The molecular weight excluding hydrogens is 212 g/mol. The van der Waals surface area contributed by atoms with Gasteiger partial charge in [0.25, 0.3) is 0 Å². The van der Waals surface area contributed by atoms with Crippen molar-refractivity contribution in [3.05, 3.63) is 18.2 Å². The third-order valence-corrected chi connectivity index (χ3v) is 3.49. The van der Waals surface area contributed by atoms with Crippen LogP contribution in [-0.2, 0) is 13.1 Å². The van der Waals surface area contributed by atoms with Gasteiger partial charge in [0.2, 0.25) is 0 Å². The van der Waals surface area contributed by atoms with Crippen molar-refractivity contribution in [3.63, 3.8) is 0 Å². The fourth-order valence-corrected chi connectivity index (χ4v) is 2.49. The minimum absolute atomic E-state index is 0.645. The number of hydrogen-bond acceptors (Lipinski definition) is 3. The van der Waals surface area contributed by atoms with Gasteiger partial charge in [0.05, 0.1) is 6.54 Å². The van der Waals surface area contributed by atoms with Crippen LogP contribution >= 0.6 is 0 Å². The molecule has 0 bridgehead atoms. The summed E-state index contributed by atoms with van der Waals surface area (Å²) in [5.74, 6) is 1.22. The Kier molecular flexibility index (Phi) is 4.57. The Hall–Kier alpha value is -0.870. The van der Waals surface area contributed by atoms with E-state index in [9.17, 15) is 0 Å². The molecule has 1 aliphatic rings. The van der Waals surface area contributed by atoms with Crippen molar-refractivity contribution in [1.29, 1.82) is 0 Å². The molecule has 1 unspecified atom stereocenters. The van der Waals surface area contributed by atoms with Gasteiger partial charge in [0, 0.05) is 31.5 Å². The zero-order valence-corrected chi connectivity index (χ0v) is 11.0. The van der Waals surface area contributed by atoms with Crippen LogP contribution in [-0.4, -0.2) is 40.1 Å². The number of aromatic nitrogens is 2. The highest BCUT2D eigenvalue weighted by Crippen LogP contribution is 2.11. The third kappa shape index (κ3) is 3.54. The number of imidazole rings is 1. The van der Waals surface area contributed by atoms with Crippen LogP contribution in [0, 0.1) is 0 Å². The summed E-state index contributed by atoms with van der Waals surface area (Å²) in [6.07, 6.45) is 6.53. The molecule has 2 rings (SSSR count). The van der Waals surface area contributed by atoms with Crippen LogP contribution in [0.3, 0.4) is 0 Å². The molecule has 0 spiro atoms. The average molecular weight is 236 g/mol. The molecule has 2 heterocycles. The van der Waals surface area contributed by atoms with Gasteiger partial charge in [0.15, 0.2) is 0 Å². The first-order valence-electron chi connectivity index (χ1n) is 6.75. The van der Waals surface area contributed by atoms with Crippen molar-refractivity contribution >= 4 is 0 Å². The van der Waals surface area contributed by atoms with Gasteiger partial charge in [0.1, 0.15) is 5.82 Å². The SMILES string of the molecule is CCNC(C)CCCN1CCn2ccnc2C1. The Bertz CT molecular complexity index is 334. The molecule has 0 aliphatic carbocycles. The fourth-order valence-electron chi connectivity index (χ4n) is 2.49. The normalized spacial score (nSPS) is 18.0. The maximum Gasteiger partial charge on any atom is 0.122 e. The van der Waals surface area contributed by atoms with E-state index in [-0.39, 0.29) is 0 Å². The lowest BCUT2D eigenvalue weighted by molar-refractivity contribution is 0.210. The van der Waals surface area contributed by atoms with Crippen LogP contribution in [0.5, 0.6) is 0 Å². The Morgan fingerprint density at radius 2 is 2.35 bits per heavy atom. The second-order valence-corrected chi connectivity index (χ2v) is 4.91. The number of nitrogens with zero attached hydrogens (tertiary/aromatic N) is 3. The van der Waals surface area contributed by atoms with Gasteiger partial charge in [-0.1, -0.05) is 6.92 Å². The Morgan fingerprint density at radius 3 is 3.18 bits per heavy atom. The number of rotatable bonds is 6. The average Bonchev–Trinajstić information content (AvgIpc) is 2.76. The molecule has 1 atom stereocenters. The third-order valence-electron chi connectivity index (χ3n) is 3.49. The van der Waals surface area contributed by atoms with Crippen molar-refractivity contribution in [3.8, 4) is 0 Å². The van der Waals surface area contributed by atoms with E-state index in [1.165, 1.54) is 31.8 Å². The molecule has 0 amide bonds. The summed E-state index contributed by atoms with van der Waals surface area (Å²) in [5.41, 5.74) is 0. The zero-order chi connectivity index (χ0) is 12.1. The van der Waals surface area contributed by atoms with Gasteiger partial charge < -0.3 is 9.88 Å². The van der Waals surface area contributed by atoms with Crippen molar-refractivity contribution < 1.29 is 0 Å². The quantitative estimate of drug-likeness (QED) is 0.812. The van der Waals surface area contributed by atoms with Crippen molar-refractivity contribution in [2.24, 2.45) is 0 Å². The fraction of sp³-hybridized carbons (Fsp3) is 0.769. The van der Waals surface area contributed by atoms with Crippen LogP contribution < -0.4 is 5.32 Å². The van der Waals surface area contributed by atoms with Crippen LogP contribution in [0.25, 0.3) is 0 Å². The van der Waals surface area contributed by atoms with E-state index in [0.29, 0.717) is 6.04 Å². The lowest BCUT2D eigenvalue weighted by Gasteiger charge is -2.27. The summed E-state index contributed by atoms with van der Waals surface area (Å²) in [6.45, 7) is 9.98. The molecule has 96 valence electrons. The largest absolute Gasteiger partial charge is 0.333 e. The van der Waals surface area contributed by atoms with Crippen LogP contribution in [0.15, 0.2) is 12.4 Å². The van der Waals surface area contributed by atoms with Gasteiger partial charge in [-0.05, 0) is 32.9 Å². The van der Waals surface area contributed by atoms with E-state index < -0.39 is 0 Å². The topological polar surface area (TPSA) is 33.1 Å². The summed E-state index contributed by atoms with van der Waals surface area (Å²) in [6, 6.07) is 0.645. The Morgan fingerprint density at radius 1 is 1.47 bits per heavy atom. The minimum Gasteiger partial charge on any atom is -0.333 e. The zero-order valence-electron chi connectivity index (χ0n) is 11.0. The number of hydrogen-bond donors (Lipinski definition) is 1. The highest BCUT2D eigenvalue weighted by Gasteiger charge is 2.15. The maximum absolute atomic E-state index is 4.39. The molecule has 0 radical (unpaired) electrons. The standard InChI is InChI=1S/C13H24N4/c1-3-14-12(2)5-4-7-16-9-10-17-8-6-15-13(17)11-16/h6,8,12,14H,3-5,7,9-11H2,1-2H3. The molecule has 1 aromatic heterocycles. The summed E-state index contributed by atoms with van der Waals surface area (Å²) < 4.78 is 2.26. The van der Waals surface area contributed by atoms with Gasteiger partial charge in [-0.2, -0.15) is 0 Å². The van der Waals surface area contributed by atoms with E-state index in [4.69, 9.17) is 0 Å². The summed E-state index contributed by atoms with van der Waals surface area (Å²) in [7, 11) is 0. The van der Waals surface area contributed by atoms with E-state index in [1.807, 2.05) is 6.20 Å². The van der Waals surface area contributed by atoms with Gasteiger partial charge in [-0.15, -0.1) is 0 Å². The summed E-state index contributed by atoms with van der Waals surface area (Å²) >= 11 is 0. The monoisotopic (exact) mass is 236 g/mol. The summed E-state index contributed by atoms with van der Waals surface area (Å²) in [4.78, 5) is 6.90.